The van der Waals surface area contributed by atoms with Crippen molar-refractivity contribution in [3.63, 3.8) is 0 Å². The van der Waals surface area contributed by atoms with E-state index in [1.54, 1.807) is 11.9 Å². The maximum Gasteiger partial charge on any atom is 0.259 e. The van der Waals surface area contributed by atoms with Crippen molar-refractivity contribution >= 4 is 17.5 Å². The minimum atomic E-state index is -0.0877. The molecule has 1 fully saturated rings. The molecule has 1 aliphatic heterocycles. The number of rotatable bonds is 2. The van der Waals surface area contributed by atoms with Crippen molar-refractivity contribution in [1.82, 2.24) is 14.7 Å². The van der Waals surface area contributed by atoms with Crippen LogP contribution in [0, 0.1) is 0 Å². The van der Waals surface area contributed by atoms with E-state index in [2.05, 4.69) is 5.10 Å². The Hall–Kier alpha value is -1.85. The normalized spacial score (nSPS) is 15.2. The highest BCUT2D eigenvalue weighted by atomic mass is 35.5. The molecule has 0 radical (unpaired) electrons. The third-order valence-corrected chi connectivity index (χ3v) is 3.97. The van der Waals surface area contributed by atoms with E-state index in [-0.39, 0.29) is 5.91 Å². The zero-order valence-corrected chi connectivity index (χ0v) is 12.5. The number of carbonyl (C=O) groups is 1. The van der Waals surface area contributed by atoms with Gasteiger partial charge in [0.2, 0.25) is 0 Å². The van der Waals surface area contributed by atoms with Crippen LogP contribution in [0.3, 0.4) is 0 Å². The second kappa shape index (κ2) is 5.87. The molecule has 0 unspecified atom stereocenters. The lowest BCUT2D eigenvalue weighted by Crippen LogP contribution is -2.40. The van der Waals surface area contributed by atoms with Crippen molar-refractivity contribution in [2.75, 3.05) is 26.3 Å². The fraction of sp³-hybridized carbons (Fsp3) is 0.333. The number of morpholine rings is 1. The van der Waals surface area contributed by atoms with Crippen LogP contribution in [-0.4, -0.2) is 46.9 Å². The van der Waals surface area contributed by atoms with Gasteiger partial charge in [-0.05, 0) is 0 Å². The van der Waals surface area contributed by atoms with Gasteiger partial charge < -0.3 is 9.64 Å². The number of aromatic nitrogens is 2. The first-order valence-electron chi connectivity index (χ1n) is 6.83. The van der Waals surface area contributed by atoms with Gasteiger partial charge in [-0.1, -0.05) is 41.9 Å². The van der Waals surface area contributed by atoms with E-state index in [9.17, 15) is 4.79 Å². The molecule has 5 nitrogen and oxygen atoms in total. The van der Waals surface area contributed by atoms with Gasteiger partial charge in [0.15, 0.2) is 0 Å². The van der Waals surface area contributed by atoms with Crippen molar-refractivity contribution in [2.45, 2.75) is 0 Å². The van der Waals surface area contributed by atoms with Crippen molar-refractivity contribution in [2.24, 2.45) is 7.05 Å². The minimum Gasteiger partial charge on any atom is -0.378 e. The molecule has 1 amide bonds. The summed E-state index contributed by atoms with van der Waals surface area (Å²) in [4.78, 5) is 14.5. The summed E-state index contributed by atoms with van der Waals surface area (Å²) in [6.07, 6.45) is 0. The number of ether oxygens (including phenoxy) is 1. The summed E-state index contributed by atoms with van der Waals surface area (Å²) in [6.45, 7) is 2.28. The smallest absolute Gasteiger partial charge is 0.259 e. The number of hydrogen-bond donors (Lipinski definition) is 0. The van der Waals surface area contributed by atoms with Crippen molar-refractivity contribution in [3.8, 4) is 11.3 Å². The largest absolute Gasteiger partial charge is 0.378 e. The van der Waals surface area contributed by atoms with Crippen LogP contribution >= 0.6 is 11.6 Å². The molecule has 1 aromatic heterocycles. The molecule has 1 aromatic carbocycles. The van der Waals surface area contributed by atoms with E-state index in [1.165, 1.54) is 4.68 Å². The standard InChI is InChI=1S/C15H16ClN3O2/c1-18-14(16)12(15(20)19-7-9-21-10-8-19)13(17-18)11-5-3-2-4-6-11/h2-6H,7-10H2,1H3. The molecule has 0 N–H and O–H groups in total. The van der Waals surface area contributed by atoms with Gasteiger partial charge in [0.1, 0.15) is 16.4 Å². The molecule has 0 spiro atoms. The van der Waals surface area contributed by atoms with Crippen LogP contribution in [0.5, 0.6) is 0 Å². The Morgan fingerprint density at radius 2 is 1.90 bits per heavy atom. The average Bonchev–Trinajstić information content (AvgIpc) is 2.84. The van der Waals surface area contributed by atoms with Crippen LogP contribution in [0.15, 0.2) is 30.3 Å². The highest BCUT2D eigenvalue weighted by molar-refractivity contribution is 6.33. The van der Waals surface area contributed by atoms with Gasteiger partial charge in [0, 0.05) is 25.7 Å². The van der Waals surface area contributed by atoms with E-state index < -0.39 is 0 Å². The first-order valence-corrected chi connectivity index (χ1v) is 7.21. The first kappa shape index (κ1) is 14.1. The molecule has 6 heteroatoms. The Bertz CT molecular complexity index is 648. The number of hydrogen-bond acceptors (Lipinski definition) is 3. The SMILES string of the molecule is Cn1nc(-c2ccccc2)c(C(=O)N2CCOCC2)c1Cl. The summed E-state index contributed by atoms with van der Waals surface area (Å²) in [5.41, 5.74) is 1.98. The second-order valence-corrected chi connectivity index (χ2v) is 5.27. The molecule has 1 saturated heterocycles. The minimum absolute atomic E-state index is 0.0877. The van der Waals surface area contributed by atoms with E-state index >= 15 is 0 Å². The number of benzene rings is 1. The molecule has 2 aromatic rings. The highest BCUT2D eigenvalue weighted by Crippen LogP contribution is 2.29. The Balaban J connectivity index is 2.03. The molecular formula is C15H16ClN3O2. The quantitative estimate of drug-likeness (QED) is 0.854. The Morgan fingerprint density at radius 3 is 2.57 bits per heavy atom. The second-order valence-electron chi connectivity index (χ2n) is 4.91. The van der Waals surface area contributed by atoms with Crippen LogP contribution in [0.4, 0.5) is 0 Å². The van der Waals surface area contributed by atoms with Crippen LogP contribution in [0.25, 0.3) is 11.3 Å². The fourth-order valence-electron chi connectivity index (χ4n) is 2.42. The third kappa shape index (κ3) is 2.66. The lowest BCUT2D eigenvalue weighted by atomic mass is 10.1. The van der Waals surface area contributed by atoms with Crippen LogP contribution in [-0.2, 0) is 11.8 Å². The maximum absolute atomic E-state index is 12.8. The summed E-state index contributed by atoms with van der Waals surface area (Å²) in [7, 11) is 1.74. The molecular weight excluding hydrogens is 290 g/mol. The van der Waals surface area contributed by atoms with E-state index in [1.807, 2.05) is 30.3 Å². The summed E-state index contributed by atoms with van der Waals surface area (Å²) in [5, 5.41) is 4.77. The maximum atomic E-state index is 12.8. The Kier molecular flexibility index (Phi) is 3.94. The number of amides is 1. The van der Waals surface area contributed by atoms with Gasteiger partial charge in [-0.15, -0.1) is 0 Å². The van der Waals surface area contributed by atoms with Gasteiger partial charge in [-0.2, -0.15) is 5.10 Å². The molecule has 21 heavy (non-hydrogen) atoms. The van der Waals surface area contributed by atoms with Crippen LogP contribution in [0.1, 0.15) is 10.4 Å². The Labute approximate surface area is 128 Å². The van der Waals surface area contributed by atoms with E-state index in [0.717, 1.165) is 5.56 Å². The predicted molar refractivity (Wildman–Crippen MR) is 80.4 cm³/mol. The van der Waals surface area contributed by atoms with Gasteiger partial charge >= 0.3 is 0 Å². The lowest BCUT2D eigenvalue weighted by molar-refractivity contribution is 0.0303. The summed E-state index contributed by atoms with van der Waals surface area (Å²) in [5.74, 6) is -0.0877. The summed E-state index contributed by atoms with van der Waals surface area (Å²) < 4.78 is 6.83. The van der Waals surface area contributed by atoms with Gasteiger partial charge in [-0.3, -0.25) is 9.48 Å². The third-order valence-electron chi connectivity index (χ3n) is 3.54. The molecule has 0 bridgehead atoms. The van der Waals surface area contributed by atoms with Gasteiger partial charge in [0.05, 0.1) is 13.2 Å². The molecule has 1 aliphatic rings. The number of halogens is 1. The van der Waals surface area contributed by atoms with Crippen molar-refractivity contribution in [3.05, 3.63) is 41.0 Å². The fourth-order valence-corrected chi connectivity index (χ4v) is 2.62. The predicted octanol–water partition coefficient (Wildman–Crippen LogP) is 2.21. The first-order chi connectivity index (χ1) is 10.2. The van der Waals surface area contributed by atoms with E-state index in [4.69, 9.17) is 16.3 Å². The monoisotopic (exact) mass is 305 g/mol. The van der Waals surface area contributed by atoms with E-state index in [0.29, 0.717) is 42.7 Å². The molecule has 2 heterocycles. The van der Waals surface area contributed by atoms with Crippen molar-refractivity contribution < 1.29 is 9.53 Å². The molecule has 110 valence electrons. The van der Waals surface area contributed by atoms with Crippen LogP contribution in [0.2, 0.25) is 5.15 Å². The van der Waals surface area contributed by atoms with Gasteiger partial charge in [-0.25, -0.2) is 0 Å². The lowest BCUT2D eigenvalue weighted by Gasteiger charge is -2.26. The Morgan fingerprint density at radius 1 is 1.24 bits per heavy atom. The number of nitrogens with zero attached hydrogens (tertiary/aromatic N) is 3. The molecule has 0 atom stereocenters. The number of aryl methyl sites for hydroxylation is 1. The summed E-state index contributed by atoms with van der Waals surface area (Å²) >= 11 is 6.30. The summed E-state index contributed by atoms with van der Waals surface area (Å²) in [6, 6.07) is 9.61. The topological polar surface area (TPSA) is 47.4 Å². The van der Waals surface area contributed by atoms with Gasteiger partial charge in [0.25, 0.3) is 5.91 Å². The molecule has 0 saturated carbocycles. The zero-order valence-electron chi connectivity index (χ0n) is 11.8. The average molecular weight is 306 g/mol. The van der Waals surface area contributed by atoms with Crippen molar-refractivity contribution in [1.29, 1.82) is 0 Å². The highest BCUT2D eigenvalue weighted by Gasteiger charge is 2.27. The molecule has 0 aliphatic carbocycles. The zero-order chi connectivity index (χ0) is 14.8. The van der Waals surface area contributed by atoms with Crippen LogP contribution < -0.4 is 0 Å². The molecule has 3 rings (SSSR count). The number of carbonyl (C=O) groups excluding carboxylic acids is 1.